The van der Waals surface area contributed by atoms with Crippen molar-refractivity contribution in [3.8, 4) is 0 Å². The summed E-state index contributed by atoms with van der Waals surface area (Å²) in [6, 6.07) is 0.241. The molecule has 0 spiro atoms. The fourth-order valence-electron chi connectivity index (χ4n) is 3.94. The van der Waals surface area contributed by atoms with E-state index in [1.807, 2.05) is 15.8 Å². The molecule has 2 atom stereocenters. The van der Waals surface area contributed by atoms with Gasteiger partial charge in [0.1, 0.15) is 0 Å². The Hall–Kier alpha value is -1.80. The second-order valence-electron chi connectivity index (χ2n) is 7.77. The number of fused-ring (bicyclic) bond motifs is 4. The minimum Gasteiger partial charge on any atom is -0.339 e. The zero-order valence-corrected chi connectivity index (χ0v) is 16.1. The quantitative estimate of drug-likeness (QED) is 0.771. The molecular formula is C18H25N5O2S. The van der Waals surface area contributed by atoms with Crippen LogP contribution < -0.4 is 0 Å². The first-order valence-corrected chi connectivity index (χ1v) is 10.2. The molecule has 5 heterocycles. The second kappa shape index (κ2) is 7.44. The van der Waals surface area contributed by atoms with Gasteiger partial charge in [-0.1, -0.05) is 19.0 Å². The predicted molar refractivity (Wildman–Crippen MR) is 97.3 cm³/mol. The van der Waals surface area contributed by atoms with Crippen molar-refractivity contribution in [1.82, 2.24) is 24.9 Å². The Morgan fingerprint density at radius 1 is 1.31 bits per heavy atom. The van der Waals surface area contributed by atoms with Gasteiger partial charge in [-0.25, -0.2) is 4.98 Å². The van der Waals surface area contributed by atoms with E-state index in [-0.39, 0.29) is 17.9 Å². The van der Waals surface area contributed by atoms with Gasteiger partial charge < -0.3 is 9.42 Å². The average Bonchev–Trinajstić information content (AvgIpc) is 3.18. The highest BCUT2D eigenvalue weighted by Crippen LogP contribution is 2.30. The standard InChI is InChI=1S/C18H25N5O2S/c1-12(2)5-17-20-16(21-25-17)9-22-6-13-3-4-15(8-22)23(18(13)24)7-14-10-26-11-19-14/h10-13,15H,3-9H2,1-2H3/t13-,15+/m0/s1. The highest BCUT2D eigenvalue weighted by molar-refractivity contribution is 7.07. The molecule has 7 nitrogen and oxygen atoms in total. The molecule has 0 radical (unpaired) electrons. The Kier molecular flexibility index (Phi) is 5.04. The summed E-state index contributed by atoms with van der Waals surface area (Å²) in [5, 5.41) is 6.16. The van der Waals surface area contributed by atoms with Crippen LogP contribution >= 0.6 is 11.3 Å². The first-order valence-electron chi connectivity index (χ1n) is 9.30. The Bertz CT molecular complexity index is 745. The molecule has 2 aromatic rings. The summed E-state index contributed by atoms with van der Waals surface area (Å²) in [6.45, 7) is 7.18. The largest absolute Gasteiger partial charge is 0.339 e. The Morgan fingerprint density at radius 3 is 2.96 bits per heavy atom. The molecule has 0 N–H and O–H groups in total. The van der Waals surface area contributed by atoms with E-state index in [1.165, 1.54) is 0 Å². The van der Waals surface area contributed by atoms with Crippen molar-refractivity contribution >= 4 is 17.2 Å². The molecule has 3 saturated heterocycles. The van der Waals surface area contributed by atoms with Gasteiger partial charge in [0.25, 0.3) is 0 Å². The molecule has 2 aromatic heterocycles. The van der Waals surface area contributed by atoms with Crippen LogP contribution in [0.5, 0.6) is 0 Å². The number of piperidine rings is 1. The molecule has 0 unspecified atom stereocenters. The van der Waals surface area contributed by atoms with Gasteiger partial charge in [-0.05, 0) is 18.8 Å². The normalized spacial score (nSPS) is 23.8. The van der Waals surface area contributed by atoms with E-state index in [9.17, 15) is 4.79 Å². The molecule has 0 aliphatic carbocycles. The number of nitrogens with zero attached hydrogens (tertiary/aromatic N) is 5. The third-order valence-corrected chi connectivity index (χ3v) is 5.78. The number of thiazole rings is 1. The maximum atomic E-state index is 12.9. The summed E-state index contributed by atoms with van der Waals surface area (Å²) in [7, 11) is 0. The monoisotopic (exact) mass is 375 g/mol. The molecule has 3 aliphatic heterocycles. The summed E-state index contributed by atoms with van der Waals surface area (Å²) < 4.78 is 5.36. The number of carbonyl (C=O) groups excluding carboxylic acids is 1. The Morgan fingerprint density at radius 2 is 2.19 bits per heavy atom. The lowest BCUT2D eigenvalue weighted by Crippen LogP contribution is -2.47. The van der Waals surface area contributed by atoms with Crippen LogP contribution in [0.2, 0.25) is 0 Å². The maximum absolute atomic E-state index is 12.9. The number of amides is 1. The van der Waals surface area contributed by atoms with E-state index in [0.29, 0.717) is 24.9 Å². The third kappa shape index (κ3) is 3.81. The van der Waals surface area contributed by atoms with Crippen LogP contribution in [0.1, 0.15) is 44.1 Å². The maximum Gasteiger partial charge on any atom is 0.227 e. The number of hydrogen-bond acceptors (Lipinski definition) is 7. The van der Waals surface area contributed by atoms with Crippen molar-refractivity contribution in [2.75, 3.05) is 13.1 Å². The fraction of sp³-hybridized carbons (Fsp3) is 0.667. The van der Waals surface area contributed by atoms with Crippen LogP contribution in [-0.4, -0.2) is 50.0 Å². The van der Waals surface area contributed by atoms with E-state index >= 15 is 0 Å². The van der Waals surface area contributed by atoms with Gasteiger partial charge in [0.15, 0.2) is 5.82 Å². The van der Waals surface area contributed by atoms with Crippen LogP contribution in [0.15, 0.2) is 15.4 Å². The van der Waals surface area contributed by atoms with Crippen molar-refractivity contribution in [1.29, 1.82) is 0 Å². The number of carbonyl (C=O) groups is 1. The lowest BCUT2D eigenvalue weighted by atomic mass is 9.94. The summed E-state index contributed by atoms with van der Waals surface area (Å²) >= 11 is 1.58. The summed E-state index contributed by atoms with van der Waals surface area (Å²) in [6.07, 6.45) is 2.83. The van der Waals surface area contributed by atoms with E-state index in [2.05, 4.69) is 33.9 Å². The van der Waals surface area contributed by atoms with Gasteiger partial charge in [0.05, 0.1) is 30.2 Å². The molecule has 1 amide bonds. The molecule has 140 valence electrons. The van der Waals surface area contributed by atoms with Crippen LogP contribution in [0, 0.1) is 11.8 Å². The van der Waals surface area contributed by atoms with Crippen molar-refractivity contribution in [2.45, 2.75) is 52.2 Å². The van der Waals surface area contributed by atoms with Crippen LogP contribution in [0.4, 0.5) is 0 Å². The van der Waals surface area contributed by atoms with E-state index in [0.717, 1.165) is 43.9 Å². The number of aromatic nitrogens is 3. The first kappa shape index (κ1) is 17.6. The SMILES string of the molecule is CC(C)Cc1nc(CN2C[C@@H]3CC[C@H](C2)N(Cc2cscn2)C3=O)no1. The van der Waals surface area contributed by atoms with E-state index < -0.39 is 0 Å². The van der Waals surface area contributed by atoms with Gasteiger partial charge in [-0.15, -0.1) is 11.3 Å². The molecule has 0 aromatic carbocycles. The van der Waals surface area contributed by atoms with Gasteiger partial charge in [0.2, 0.25) is 11.8 Å². The molecule has 3 fully saturated rings. The van der Waals surface area contributed by atoms with E-state index in [1.54, 1.807) is 11.3 Å². The summed E-state index contributed by atoms with van der Waals surface area (Å²) in [4.78, 5) is 26.1. The topological polar surface area (TPSA) is 75.4 Å². The molecule has 2 bridgehead atoms. The summed E-state index contributed by atoms with van der Waals surface area (Å²) in [5.74, 6) is 2.25. The van der Waals surface area contributed by atoms with E-state index in [4.69, 9.17) is 4.52 Å². The molecule has 8 heteroatoms. The van der Waals surface area contributed by atoms with Crippen LogP contribution in [-0.2, 0) is 24.3 Å². The van der Waals surface area contributed by atoms with Gasteiger partial charge in [0, 0.05) is 30.9 Å². The lowest BCUT2D eigenvalue weighted by molar-refractivity contribution is -0.140. The van der Waals surface area contributed by atoms with Crippen molar-refractivity contribution in [3.63, 3.8) is 0 Å². The summed E-state index contributed by atoms with van der Waals surface area (Å²) in [5.41, 5.74) is 2.81. The number of hydrogen-bond donors (Lipinski definition) is 0. The third-order valence-electron chi connectivity index (χ3n) is 5.14. The molecular weight excluding hydrogens is 350 g/mol. The minimum absolute atomic E-state index is 0.0643. The van der Waals surface area contributed by atoms with Crippen LogP contribution in [0.3, 0.4) is 0 Å². The van der Waals surface area contributed by atoms with Crippen LogP contribution in [0.25, 0.3) is 0 Å². The van der Waals surface area contributed by atoms with Crippen molar-refractivity contribution < 1.29 is 9.32 Å². The second-order valence-corrected chi connectivity index (χ2v) is 8.49. The Balaban J connectivity index is 1.44. The highest BCUT2D eigenvalue weighted by atomic mass is 32.1. The molecule has 5 rings (SSSR count). The van der Waals surface area contributed by atoms with Gasteiger partial charge >= 0.3 is 0 Å². The van der Waals surface area contributed by atoms with Gasteiger partial charge in [-0.3, -0.25) is 9.69 Å². The predicted octanol–water partition coefficient (Wildman–Crippen LogP) is 2.35. The minimum atomic E-state index is 0.0643. The Labute approximate surface area is 157 Å². The molecule has 3 aliphatic rings. The smallest absolute Gasteiger partial charge is 0.227 e. The molecule has 0 saturated carbocycles. The lowest BCUT2D eigenvalue weighted by Gasteiger charge is -2.35. The zero-order valence-electron chi connectivity index (χ0n) is 15.3. The fourth-order valence-corrected chi connectivity index (χ4v) is 4.49. The van der Waals surface area contributed by atoms with Crippen molar-refractivity contribution in [3.05, 3.63) is 28.3 Å². The van der Waals surface area contributed by atoms with Gasteiger partial charge in [-0.2, -0.15) is 4.98 Å². The highest BCUT2D eigenvalue weighted by Gasteiger charge is 2.40. The number of rotatable bonds is 6. The average molecular weight is 375 g/mol. The molecule has 26 heavy (non-hydrogen) atoms. The van der Waals surface area contributed by atoms with Crippen molar-refractivity contribution in [2.24, 2.45) is 11.8 Å². The zero-order chi connectivity index (χ0) is 18.1. The first-order chi connectivity index (χ1) is 12.6.